The number of aliphatic hydroxyl groups excluding tert-OH is 1. The number of carbonyl (C=O) groups excluding carboxylic acids is 4. The third kappa shape index (κ3) is 68.6. The highest BCUT2D eigenvalue weighted by Gasteiger charge is 2.30. The number of hydrogen-bond donors (Lipinski definition) is 3. The van der Waals surface area contributed by atoms with Crippen molar-refractivity contribution < 1.29 is 80.2 Å². The molecule has 0 aromatic heterocycles. The molecule has 0 heterocycles. The van der Waals surface area contributed by atoms with Crippen molar-refractivity contribution in [1.82, 2.24) is 0 Å². The van der Waals surface area contributed by atoms with Gasteiger partial charge in [0.15, 0.2) is 12.2 Å². The molecule has 0 radical (unpaired) electrons. The van der Waals surface area contributed by atoms with Gasteiger partial charge in [-0.15, -0.1) is 0 Å². The van der Waals surface area contributed by atoms with Gasteiger partial charge in [-0.3, -0.25) is 37.3 Å². The summed E-state index contributed by atoms with van der Waals surface area (Å²) in [4.78, 5) is 72.7. The number of carbonyl (C=O) groups is 4. The summed E-state index contributed by atoms with van der Waals surface area (Å²) in [6, 6.07) is 0. The SMILES string of the molecule is CCCCCCCCCCCCCCCCCCCCCC(=O)O[C@H](COC(=O)CCCCCCCCCCCCCCC(C)C)COP(=O)(O)OC[C@@H](O)COP(=O)(O)OC[C@@H](COC(=O)CCCCCCCCCC)OC(=O)CCCCCCCCCCCCCC. The fraction of sp³-hybridized carbons (Fsp3) is 0.947. The summed E-state index contributed by atoms with van der Waals surface area (Å²) in [5.41, 5.74) is 0. The average molecular weight is 1380 g/mol. The Morgan fingerprint density at radius 2 is 0.489 bits per heavy atom. The molecule has 0 aliphatic rings. The van der Waals surface area contributed by atoms with Crippen molar-refractivity contribution in [3.05, 3.63) is 0 Å². The standard InChI is InChI=1S/C75H146O17P2/c1-6-9-12-15-18-21-23-25-26-27-28-29-30-31-37-41-46-51-56-61-75(80)92-71(65-86-73(78)59-54-49-44-39-36-33-32-34-38-42-47-52-57-68(4)5)67-90-94(83,84)88-63-69(76)62-87-93(81,82)89-66-70(64-85-72(77)58-53-48-43-20-17-14-11-8-3)91-74(79)60-55-50-45-40-35-24-22-19-16-13-10-7-2/h68-71,76H,6-67H2,1-5H3,(H,81,82)(H,83,84)/t69-,70+,71+/m0/s1. The molecule has 0 amide bonds. The van der Waals surface area contributed by atoms with E-state index < -0.39 is 97.5 Å². The lowest BCUT2D eigenvalue weighted by Gasteiger charge is -2.21. The Morgan fingerprint density at radius 3 is 0.723 bits per heavy atom. The van der Waals surface area contributed by atoms with Gasteiger partial charge in [0.05, 0.1) is 26.4 Å². The van der Waals surface area contributed by atoms with Gasteiger partial charge in [0.1, 0.15) is 19.3 Å². The van der Waals surface area contributed by atoms with E-state index in [0.717, 1.165) is 102 Å². The van der Waals surface area contributed by atoms with Crippen LogP contribution in [0.4, 0.5) is 0 Å². The molecule has 5 atom stereocenters. The lowest BCUT2D eigenvalue weighted by molar-refractivity contribution is -0.161. The van der Waals surface area contributed by atoms with Crippen LogP contribution in [0, 0.1) is 5.92 Å². The molecule has 558 valence electrons. The van der Waals surface area contributed by atoms with Crippen molar-refractivity contribution in [2.24, 2.45) is 5.92 Å². The van der Waals surface area contributed by atoms with Crippen LogP contribution in [-0.4, -0.2) is 96.7 Å². The number of unbranched alkanes of at least 4 members (excludes halogenated alkanes) is 47. The van der Waals surface area contributed by atoms with Gasteiger partial charge in [-0.2, -0.15) is 0 Å². The van der Waals surface area contributed by atoms with E-state index in [1.807, 2.05) is 0 Å². The third-order valence-electron chi connectivity index (χ3n) is 17.5. The first kappa shape index (κ1) is 92.1. The normalized spacial score (nSPS) is 14.0. The average Bonchev–Trinajstić information content (AvgIpc) is 2.09. The van der Waals surface area contributed by atoms with Crippen LogP contribution >= 0.6 is 15.6 Å². The summed E-state index contributed by atoms with van der Waals surface area (Å²) < 4.78 is 68.4. The van der Waals surface area contributed by atoms with Crippen LogP contribution in [0.2, 0.25) is 0 Å². The second kappa shape index (κ2) is 68.2. The summed E-state index contributed by atoms with van der Waals surface area (Å²) in [5.74, 6) is -1.33. The Morgan fingerprint density at radius 1 is 0.287 bits per heavy atom. The van der Waals surface area contributed by atoms with E-state index in [-0.39, 0.29) is 25.7 Å². The van der Waals surface area contributed by atoms with Gasteiger partial charge in [-0.1, -0.05) is 343 Å². The number of hydrogen-bond acceptors (Lipinski definition) is 15. The van der Waals surface area contributed by atoms with Gasteiger partial charge in [0, 0.05) is 25.7 Å². The van der Waals surface area contributed by atoms with Crippen LogP contribution in [0.3, 0.4) is 0 Å². The molecule has 17 nitrogen and oxygen atoms in total. The number of phosphoric ester groups is 2. The van der Waals surface area contributed by atoms with Gasteiger partial charge in [0.25, 0.3) is 0 Å². The van der Waals surface area contributed by atoms with E-state index in [1.165, 1.54) is 212 Å². The molecule has 0 saturated carbocycles. The maximum absolute atomic E-state index is 13.1. The smallest absolute Gasteiger partial charge is 0.462 e. The molecule has 0 aromatic rings. The van der Waals surface area contributed by atoms with Gasteiger partial charge >= 0.3 is 39.5 Å². The van der Waals surface area contributed by atoms with Gasteiger partial charge in [-0.25, -0.2) is 9.13 Å². The first-order chi connectivity index (χ1) is 45.5. The van der Waals surface area contributed by atoms with Crippen molar-refractivity contribution in [1.29, 1.82) is 0 Å². The Balaban J connectivity index is 5.20. The van der Waals surface area contributed by atoms with Crippen LogP contribution in [0.15, 0.2) is 0 Å². The summed E-state index contributed by atoms with van der Waals surface area (Å²) in [6.45, 7) is 7.27. The predicted molar refractivity (Wildman–Crippen MR) is 382 cm³/mol. The highest BCUT2D eigenvalue weighted by molar-refractivity contribution is 7.47. The summed E-state index contributed by atoms with van der Waals surface area (Å²) in [7, 11) is -9.90. The van der Waals surface area contributed by atoms with Gasteiger partial charge in [-0.05, 0) is 31.6 Å². The highest BCUT2D eigenvalue weighted by atomic mass is 31.2. The number of rotatable bonds is 75. The minimum absolute atomic E-state index is 0.107. The van der Waals surface area contributed by atoms with Crippen molar-refractivity contribution in [2.75, 3.05) is 39.6 Å². The van der Waals surface area contributed by atoms with Crippen molar-refractivity contribution in [3.63, 3.8) is 0 Å². The molecule has 2 unspecified atom stereocenters. The summed E-state index contributed by atoms with van der Waals surface area (Å²) in [6.07, 6.45) is 56.9. The third-order valence-corrected chi connectivity index (χ3v) is 19.4. The zero-order valence-corrected chi connectivity index (χ0v) is 62.9. The first-order valence-corrected chi connectivity index (χ1v) is 42.1. The Labute approximate surface area is 575 Å². The number of ether oxygens (including phenoxy) is 4. The van der Waals surface area contributed by atoms with Crippen molar-refractivity contribution in [3.8, 4) is 0 Å². The van der Waals surface area contributed by atoms with Crippen LogP contribution in [0.5, 0.6) is 0 Å². The Bertz CT molecular complexity index is 1810. The molecule has 0 rings (SSSR count). The molecule has 0 aromatic carbocycles. The molecule has 0 fully saturated rings. The number of phosphoric acid groups is 2. The van der Waals surface area contributed by atoms with E-state index in [2.05, 4.69) is 34.6 Å². The molecular formula is C75H146O17P2. The molecular weight excluding hydrogens is 1230 g/mol. The number of esters is 4. The zero-order chi connectivity index (χ0) is 69.1. The number of aliphatic hydroxyl groups is 1. The maximum atomic E-state index is 13.1. The highest BCUT2D eigenvalue weighted by Crippen LogP contribution is 2.45. The van der Waals surface area contributed by atoms with Crippen molar-refractivity contribution >= 4 is 39.5 Å². The fourth-order valence-corrected chi connectivity index (χ4v) is 13.1. The van der Waals surface area contributed by atoms with E-state index in [0.29, 0.717) is 25.7 Å². The molecule has 0 spiro atoms. The molecule has 3 N–H and O–H groups in total. The van der Waals surface area contributed by atoms with Gasteiger partial charge in [0.2, 0.25) is 0 Å². The first-order valence-electron chi connectivity index (χ1n) is 39.1. The molecule has 0 saturated heterocycles. The molecule has 94 heavy (non-hydrogen) atoms. The van der Waals surface area contributed by atoms with E-state index in [9.17, 15) is 43.2 Å². The van der Waals surface area contributed by atoms with E-state index >= 15 is 0 Å². The Hall–Kier alpha value is -1.94. The van der Waals surface area contributed by atoms with Crippen molar-refractivity contribution in [2.45, 2.75) is 412 Å². The van der Waals surface area contributed by atoms with Crippen LogP contribution in [-0.2, 0) is 65.4 Å². The molecule has 19 heteroatoms. The quantitative estimate of drug-likeness (QED) is 0.0222. The van der Waals surface area contributed by atoms with Crippen LogP contribution in [0.25, 0.3) is 0 Å². The maximum Gasteiger partial charge on any atom is 0.472 e. The summed E-state index contributed by atoms with van der Waals surface area (Å²) in [5, 5.41) is 10.6. The largest absolute Gasteiger partial charge is 0.472 e. The minimum atomic E-state index is -4.96. The molecule has 0 aliphatic carbocycles. The minimum Gasteiger partial charge on any atom is -0.462 e. The summed E-state index contributed by atoms with van der Waals surface area (Å²) >= 11 is 0. The Kier molecular flexibility index (Phi) is 66.8. The molecule has 0 aliphatic heterocycles. The van der Waals surface area contributed by atoms with Crippen LogP contribution in [0.1, 0.15) is 394 Å². The topological polar surface area (TPSA) is 237 Å². The second-order valence-corrected chi connectivity index (χ2v) is 30.4. The van der Waals surface area contributed by atoms with Gasteiger partial charge < -0.3 is 33.8 Å². The second-order valence-electron chi connectivity index (χ2n) is 27.5. The zero-order valence-electron chi connectivity index (χ0n) is 61.1. The monoisotopic (exact) mass is 1380 g/mol. The van der Waals surface area contributed by atoms with Crippen LogP contribution < -0.4 is 0 Å². The fourth-order valence-electron chi connectivity index (χ4n) is 11.5. The predicted octanol–water partition coefficient (Wildman–Crippen LogP) is 22.1. The molecule has 0 bridgehead atoms. The lowest BCUT2D eigenvalue weighted by atomic mass is 10.0. The van der Waals surface area contributed by atoms with E-state index in [1.54, 1.807) is 0 Å². The van der Waals surface area contributed by atoms with E-state index in [4.69, 9.17) is 37.0 Å². The lowest BCUT2D eigenvalue weighted by Crippen LogP contribution is -2.30.